The highest BCUT2D eigenvalue weighted by molar-refractivity contribution is 5.91. The molecule has 2 aromatic heterocycles. The van der Waals surface area contributed by atoms with Crippen molar-refractivity contribution in [2.45, 2.75) is 11.7 Å². The van der Waals surface area contributed by atoms with Crippen LogP contribution in [0.4, 0.5) is 5.82 Å². The van der Waals surface area contributed by atoms with Crippen molar-refractivity contribution in [1.29, 1.82) is 0 Å². The van der Waals surface area contributed by atoms with E-state index in [0.29, 0.717) is 31.9 Å². The van der Waals surface area contributed by atoms with Crippen LogP contribution < -0.4 is 4.90 Å². The van der Waals surface area contributed by atoms with Crippen LogP contribution in [0.25, 0.3) is 11.0 Å². The van der Waals surface area contributed by atoms with Crippen LogP contribution in [0, 0.1) is 11.8 Å². The molecular weight excluding hydrogens is 384 g/mol. The monoisotopic (exact) mass is 406 g/mol. The van der Waals surface area contributed by atoms with Crippen LogP contribution in [0.3, 0.4) is 0 Å². The predicted molar refractivity (Wildman–Crippen MR) is 108 cm³/mol. The third-order valence-electron chi connectivity index (χ3n) is 6.78. The van der Waals surface area contributed by atoms with Crippen LogP contribution in [-0.4, -0.2) is 70.4 Å². The zero-order chi connectivity index (χ0) is 20.3. The van der Waals surface area contributed by atoms with Gasteiger partial charge in [-0.1, -0.05) is 12.1 Å². The third kappa shape index (κ3) is 2.57. The van der Waals surface area contributed by atoms with Crippen LogP contribution in [0.15, 0.2) is 53.3 Å². The number of aliphatic hydroxyl groups excluding tert-OH is 1. The van der Waals surface area contributed by atoms with Gasteiger partial charge in [-0.25, -0.2) is 4.98 Å². The van der Waals surface area contributed by atoms with Gasteiger partial charge in [0.1, 0.15) is 11.4 Å². The number of benzene rings is 1. The average molecular weight is 406 g/mol. The summed E-state index contributed by atoms with van der Waals surface area (Å²) >= 11 is 0. The fourth-order valence-corrected chi connectivity index (χ4v) is 5.42. The molecule has 8 heteroatoms. The van der Waals surface area contributed by atoms with Gasteiger partial charge < -0.3 is 24.1 Å². The number of aromatic nitrogens is 2. The van der Waals surface area contributed by atoms with Gasteiger partial charge in [-0.05, 0) is 24.3 Å². The molecule has 0 radical (unpaired) electrons. The maximum Gasteiger partial charge on any atom is 0.289 e. The molecule has 0 saturated carbocycles. The lowest BCUT2D eigenvalue weighted by molar-refractivity contribution is -0.0628. The number of aliphatic hydroxyl groups is 1. The first-order valence-electron chi connectivity index (χ1n) is 10.2. The number of rotatable bonds is 3. The van der Waals surface area contributed by atoms with E-state index in [1.807, 2.05) is 24.3 Å². The summed E-state index contributed by atoms with van der Waals surface area (Å²) in [5.74, 6) is 1.05. The van der Waals surface area contributed by atoms with Gasteiger partial charge in [-0.15, -0.1) is 0 Å². The van der Waals surface area contributed by atoms with E-state index in [-0.39, 0.29) is 30.5 Å². The molecule has 3 aliphatic rings. The lowest BCUT2D eigenvalue weighted by atomic mass is 9.83. The number of para-hydroxylation sites is 2. The first-order valence-corrected chi connectivity index (χ1v) is 10.2. The molecule has 154 valence electrons. The standard InChI is InChI=1S/C22H22N4O4/c27-11-14-15-9-26(21(28)18-6-3-7-29-18)13-22(15)12-25(10-19(14)30-22)20-8-23-16-4-1-2-5-17(16)24-20/h1-8,14-15,19,27H,9-13H2/t14-,15+,19+,22+/m0/s1. The molecule has 3 fully saturated rings. The Balaban J connectivity index is 1.32. The molecule has 3 saturated heterocycles. The van der Waals surface area contributed by atoms with Gasteiger partial charge >= 0.3 is 0 Å². The summed E-state index contributed by atoms with van der Waals surface area (Å²) in [4.78, 5) is 26.2. The quantitative estimate of drug-likeness (QED) is 0.706. The highest BCUT2D eigenvalue weighted by Crippen LogP contribution is 2.49. The second-order valence-corrected chi connectivity index (χ2v) is 8.43. The van der Waals surface area contributed by atoms with E-state index in [1.165, 1.54) is 6.26 Å². The van der Waals surface area contributed by atoms with Crippen LogP contribution >= 0.6 is 0 Å². The molecule has 30 heavy (non-hydrogen) atoms. The van der Waals surface area contributed by atoms with Gasteiger partial charge in [0.25, 0.3) is 5.91 Å². The Labute approximate surface area is 173 Å². The Morgan fingerprint density at radius 3 is 2.83 bits per heavy atom. The smallest absolute Gasteiger partial charge is 0.289 e. The number of ether oxygens (including phenoxy) is 1. The van der Waals surface area contributed by atoms with Gasteiger partial charge in [0.15, 0.2) is 5.76 Å². The highest BCUT2D eigenvalue weighted by Gasteiger charge is 2.63. The molecule has 3 aliphatic heterocycles. The summed E-state index contributed by atoms with van der Waals surface area (Å²) < 4.78 is 11.8. The fourth-order valence-electron chi connectivity index (χ4n) is 5.42. The Morgan fingerprint density at radius 1 is 1.17 bits per heavy atom. The number of hydrogen-bond donors (Lipinski definition) is 1. The van der Waals surface area contributed by atoms with E-state index >= 15 is 0 Å². The third-order valence-corrected chi connectivity index (χ3v) is 6.78. The van der Waals surface area contributed by atoms with Crippen LogP contribution in [0.2, 0.25) is 0 Å². The number of likely N-dealkylation sites (tertiary alicyclic amines) is 1. The van der Waals surface area contributed by atoms with Crippen molar-refractivity contribution in [1.82, 2.24) is 14.9 Å². The van der Waals surface area contributed by atoms with Gasteiger partial charge in [-0.3, -0.25) is 9.78 Å². The number of anilines is 1. The molecule has 6 rings (SSSR count). The number of amides is 1. The van der Waals surface area contributed by atoms with Crippen molar-refractivity contribution in [3.63, 3.8) is 0 Å². The molecule has 8 nitrogen and oxygen atoms in total. The number of carbonyl (C=O) groups is 1. The van der Waals surface area contributed by atoms with Crippen LogP contribution in [0.5, 0.6) is 0 Å². The van der Waals surface area contributed by atoms with Crippen LogP contribution in [-0.2, 0) is 4.74 Å². The Bertz CT molecular complexity index is 1100. The van der Waals surface area contributed by atoms with Crippen molar-refractivity contribution >= 4 is 22.8 Å². The largest absolute Gasteiger partial charge is 0.459 e. The minimum absolute atomic E-state index is 0.0159. The zero-order valence-electron chi connectivity index (χ0n) is 16.3. The van der Waals surface area contributed by atoms with Crippen molar-refractivity contribution in [2.75, 3.05) is 37.7 Å². The Kier molecular flexibility index (Phi) is 3.88. The number of nitrogens with zero attached hydrogens (tertiary/aromatic N) is 4. The number of carbonyl (C=O) groups excluding carboxylic acids is 1. The van der Waals surface area contributed by atoms with E-state index in [4.69, 9.17) is 14.1 Å². The minimum Gasteiger partial charge on any atom is -0.459 e. The highest BCUT2D eigenvalue weighted by atomic mass is 16.5. The Hall–Kier alpha value is -2.97. The summed E-state index contributed by atoms with van der Waals surface area (Å²) in [6.45, 7) is 2.33. The normalized spacial score (nSPS) is 30.1. The predicted octanol–water partition coefficient (Wildman–Crippen LogP) is 1.56. The van der Waals surface area contributed by atoms with Gasteiger partial charge in [0, 0.05) is 31.5 Å². The number of furan rings is 1. The molecule has 1 aromatic carbocycles. The molecular formula is C22H22N4O4. The van der Waals surface area contributed by atoms with E-state index in [1.54, 1.807) is 23.2 Å². The SMILES string of the molecule is O=C(c1ccco1)N1C[C@@H]2[C@H](CO)[C@H]3CN(c4cnc5ccccc5n4)C[C@]2(C1)O3. The number of hydrogen-bond acceptors (Lipinski definition) is 7. The van der Waals surface area contributed by atoms with E-state index in [2.05, 4.69) is 9.88 Å². The summed E-state index contributed by atoms with van der Waals surface area (Å²) in [6.07, 6.45) is 3.21. The molecule has 3 aromatic rings. The summed E-state index contributed by atoms with van der Waals surface area (Å²) in [5.41, 5.74) is 1.19. The maximum absolute atomic E-state index is 12.9. The minimum atomic E-state index is -0.522. The van der Waals surface area contributed by atoms with Crippen molar-refractivity contribution in [2.24, 2.45) is 11.8 Å². The van der Waals surface area contributed by atoms with Crippen molar-refractivity contribution < 1.29 is 19.1 Å². The summed E-state index contributed by atoms with van der Waals surface area (Å²) in [7, 11) is 0. The van der Waals surface area contributed by atoms with E-state index < -0.39 is 5.60 Å². The van der Waals surface area contributed by atoms with E-state index in [0.717, 1.165) is 16.9 Å². The second kappa shape index (κ2) is 6.52. The molecule has 1 amide bonds. The number of morpholine rings is 1. The van der Waals surface area contributed by atoms with Gasteiger partial charge in [0.05, 0.1) is 42.7 Å². The first kappa shape index (κ1) is 17.9. The molecule has 2 bridgehead atoms. The molecule has 0 aliphatic carbocycles. The average Bonchev–Trinajstić information content (AvgIpc) is 3.46. The molecule has 1 spiro atoms. The van der Waals surface area contributed by atoms with Crippen molar-refractivity contribution in [3.8, 4) is 0 Å². The number of fused-ring (bicyclic) bond motifs is 2. The van der Waals surface area contributed by atoms with Gasteiger partial charge in [-0.2, -0.15) is 0 Å². The van der Waals surface area contributed by atoms with Crippen LogP contribution in [0.1, 0.15) is 10.6 Å². The topological polar surface area (TPSA) is 91.9 Å². The van der Waals surface area contributed by atoms with E-state index in [9.17, 15) is 9.90 Å². The molecule has 4 atom stereocenters. The lowest BCUT2D eigenvalue weighted by Crippen LogP contribution is -2.54. The fraction of sp³-hybridized carbons (Fsp3) is 0.409. The molecule has 5 heterocycles. The second-order valence-electron chi connectivity index (χ2n) is 8.43. The lowest BCUT2D eigenvalue weighted by Gasteiger charge is -2.40. The zero-order valence-corrected chi connectivity index (χ0v) is 16.3. The molecule has 1 N–H and O–H groups in total. The summed E-state index contributed by atoms with van der Waals surface area (Å²) in [6, 6.07) is 11.2. The first-order chi connectivity index (χ1) is 14.7. The maximum atomic E-state index is 12.9. The molecule has 0 unspecified atom stereocenters. The summed E-state index contributed by atoms with van der Waals surface area (Å²) in [5, 5.41) is 10.1. The van der Waals surface area contributed by atoms with Gasteiger partial charge in [0.2, 0.25) is 0 Å². The Morgan fingerprint density at radius 2 is 2.03 bits per heavy atom. The van der Waals surface area contributed by atoms with Crippen molar-refractivity contribution in [3.05, 3.63) is 54.6 Å².